The van der Waals surface area contributed by atoms with Gasteiger partial charge < -0.3 is 15.4 Å². The number of fused-ring (bicyclic) bond motifs is 2. The molecular formula is C15H22N5O+. The van der Waals surface area contributed by atoms with Crippen LogP contribution in [0.2, 0.25) is 0 Å². The lowest BCUT2D eigenvalue weighted by Crippen LogP contribution is -3.15. The van der Waals surface area contributed by atoms with E-state index < -0.39 is 0 Å². The van der Waals surface area contributed by atoms with Gasteiger partial charge in [-0.15, -0.1) is 5.10 Å². The number of H-pyrrole nitrogens is 1. The van der Waals surface area contributed by atoms with Gasteiger partial charge in [-0.3, -0.25) is 5.10 Å². The summed E-state index contributed by atoms with van der Waals surface area (Å²) in [4.78, 5) is 1.48. The highest BCUT2D eigenvalue weighted by Gasteiger charge is 2.55. The second kappa shape index (κ2) is 4.50. The minimum Gasteiger partial charge on any atom is -0.420 e. The van der Waals surface area contributed by atoms with Gasteiger partial charge in [0.25, 0.3) is 0 Å². The van der Waals surface area contributed by atoms with Gasteiger partial charge in [0.1, 0.15) is 11.6 Å². The average molecular weight is 288 g/mol. The van der Waals surface area contributed by atoms with Crippen molar-refractivity contribution in [1.29, 1.82) is 5.26 Å². The van der Waals surface area contributed by atoms with Crippen LogP contribution in [0.15, 0.2) is 11.5 Å². The van der Waals surface area contributed by atoms with Crippen LogP contribution in [0.3, 0.4) is 0 Å². The highest BCUT2D eigenvalue weighted by atomic mass is 16.5. The molecule has 4 N–H and O–H groups in total. The molecule has 1 aromatic heterocycles. The van der Waals surface area contributed by atoms with Gasteiger partial charge in [-0.05, 0) is 13.8 Å². The molecule has 3 heterocycles. The van der Waals surface area contributed by atoms with Crippen molar-refractivity contribution >= 4 is 0 Å². The molecule has 6 nitrogen and oxygen atoms in total. The lowest BCUT2D eigenvalue weighted by molar-refractivity contribution is -0.914. The van der Waals surface area contributed by atoms with E-state index in [1.54, 1.807) is 0 Å². The number of aryl methyl sites for hydroxylation is 1. The Balaban J connectivity index is 2.26. The number of quaternary nitrogens is 1. The number of ether oxygens (including phenoxy) is 1. The molecule has 0 bridgehead atoms. The van der Waals surface area contributed by atoms with Crippen molar-refractivity contribution in [2.24, 2.45) is 11.7 Å². The molecule has 2 aliphatic heterocycles. The van der Waals surface area contributed by atoms with E-state index >= 15 is 0 Å². The van der Waals surface area contributed by atoms with E-state index in [-0.39, 0.29) is 11.3 Å². The van der Waals surface area contributed by atoms with E-state index in [1.165, 1.54) is 4.90 Å². The fourth-order valence-electron chi connectivity index (χ4n) is 4.07. The van der Waals surface area contributed by atoms with Gasteiger partial charge in [0.15, 0.2) is 0 Å². The summed E-state index contributed by atoms with van der Waals surface area (Å²) in [6.07, 6.45) is 0.875. The summed E-state index contributed by atoms with van der Waals surface area (Å²) in [6.45, 7) is 7.39. The van der Waals surface area contributed by atoms with Gasteiger partial charge >= 0.3 is 0 Å². The van der Waals surface area contributed by atoms with E-state index in [1.807, 2.05) is 6.92 Å². The predicted octanol–water partition coefficient (Wildman–Crippen LogP) is -0.0148. The molecule has 0 saturated carbocycles. The van der Waals surface area contributed by atoms with Gasteiger partial charge in [-0.1, -0.05) is 6.92 Å². The monoisotopic (exact) mass is 288 g/mol. The Morgan fingerprint density at radius 1 is 1.52 bits per heavy atom. The van der Waals surface area contributed by atoms with E-state index in [0.717, 1.165) is 24.2 Å². The smallest absolute Gasteiger partial charge is 0.244 e. The topological polar surface area (TPSA) is 92.2 Å². The van der Waals surface area contributed by atoms with E-state index in [9.17, 15) is 5.26 Å². The standard InChI is InChI=1S/C15H21N5O/c1-8-7-20(4)9(2)5-15(8)11(6-16)13(17)21-14-12(15)10(3)18-19-14/h8-9H,5,7,17H2,1-4H3,(H,18,19)/p+1/t8-,9-,15+/m1/s1. The number of hydrogen-bond acceptors (Lipinski definition) is 4. The molecule has 1 saturated heterocycles. The summed E-state index contributed by atoms with van der Waals surface area (Å²) in [5, 5.41) is 16.9. The molecule has 4 atom stereocenters. The minimum absolute atomic E-state index is 0.204. The van der Waals surface area contributed by atoms with Crippen molar-refractivity contribution in [1.82, 2.24) is 10.2 Å². The van der Waals surface area contributed by atoms with Crippen LogP contribution in [0, 0.1) is 24.2 Å². The Morgan fingerprint density at radius 2 is 2.24 bits per heavy atom. The van der Waals surface area contributed by atoms with Crippen LogP contribution in [0.5, 0.6) is 5.88 Å². The van der Waals surface area contributed by atoms with Crippen LogP contribution in [-0.2, 0) is 5.41 Å². The summed E-state index contributed by atoms with van der Waals surface area (Å²) < 4.78 is 5.58. The third-order valence-corrected chi connectivity index (χ3v) is 5.31. The number of allylic oxidation sites excluding steroid dienone is 1. The van der Waals surface area contributed by atoms with Crippen molar-refractivity contribution in [3.05, 3.63) is 22.7 Å². The summed E-state index contributed by atoms with van der Waals surface area (Å²) in [5.41, 5.74) is 8.19. The molecule has 112 valence electrons. The van der Waals surface area contributed by atoms with E-state index in [2.05, 4.69) is 37.2 Å². The average Bonchev–Trinajstić information content (AvgIpc) is 2.78. The fourth-order valence-corrected chi connectivity index (χ4v) is 4.07. The number of nitrogens with one attached hydrogen (secondary N) is 2. The number of piperidine rings is 1. The van der Waals surface area contributed by atoms with E-state index in [0.29, 0.717) is 23.4 Å². The Hall–Kier alpha value is -2.00. The Bertz CT molecular complexity index is 656. The third-order valence-electron chi connectivity index (χ3n) is 5.31. The number of rotatable bonds is 0. The summed E-state index contributed by atoms with van der Waals surface area (Å²) in [6, 6.07) is 2.76. The Labute approximate surface area is 124 Å². The molecule has 1 fully saturated rings. The van der Waals surface area contributed by atoms with Gasteiger partial charge in [0.05, 0.1) is 25.0 Å². The van der Waals surface area contributed by atoms with Crippen molar-refractivity contribution in [2.45, 2.75) is 38.6 Å². The molecule has 0 aromatic carbocycles. The van der Waals surface area contributed by atoms with Crippen LogP contribution in [0.25, 0.3) is 0 Å². The van der Waals surface area contributed by atoms with Crippen LogP contribution >= 0.6 is 0 Å². The van der Waals surface area contributed by atoms with Crippen LogP contribution in [0.4, 0.5) is 0 Å². The highest BCUT2D eigenvalue weighted by molar-refractivity contribution is 5.54. The van der Waals surface area contributed by atoms with Crippen molar-refractivity contribution < 1.29 is 9.64 Å². The zero-order chi connectivity index (χ0) is 15.4. The first-order valence-corrected chi connectivity index (χ1v) is 7.37. The quantitative estimate of drug-likeness (QED) is 0.626. The minimum atomic E-state index is -0.386. The highest BCUT2D eigenvalue weighted by Crippen LogP contribution is 2.51. The second-order valence-electron chi connectivity index (χ2n) is 6.51. The second-order valence-corrected chi connectivity index (χ2v) is 6.51. The van der Waals surface area contributed by atoms with Crippen molar-refractivity contribution in [2.75, 3.05) is 13.6 Å². The van der Waals surface area contributed by atoms with Gasteiger partial charge in [-0.2, -0.15) is 5.26 Å². The largest absolute Gasteiger partial charge is 0.420 e. The molecule has 1 spiro atoms. The number of nitrogens with two attached hydrogens (primary N) is 1. The van der Waals surface area contributed by atoms with Gasteiger partial charge in [0.2, 0.25) is 11.8 Å². The zero-order valence-electron chi connectivity index (χ0n) is 12.9. The first kappa shape index (κ1) is 14.0. The number of nitriles is 1. The summed E-state index contributed by atoms with van der Waals surface area (Å²) in [5.74, 6) is 1.03. The molecule has 0 amide bonds. The van der Waals surface area contributed by atoms with E-state index in [4.69, 9.17) is 10.5 Å². The molecular weight excluding hydrogens is 266 g/mol. The molecule has 3 rings (SSSR count). The van der Waals surface area contributed by atoms with Crippen LogP contribution in [-0.4, -0.2) is 29.8 Å². The van der Waals surface area contributed by atoms with Gasteiger partial charge in [-0.25, -0.2) is 0 Å². The predicted molar refractivity (Wildman–Crippen MR) is 77.5 cm³/mol. The molecule has 0 radical (unpaired) electrons. The maximum absolute atomic E-state index is 9.70. The van der Waals surface area contributed by atoms with Gasteiger partial charge in [0, 0.05) is 23.6 Å². The van der Waals surface area contributed by atoms with Crippen LogP contribution < -0.4 is 15.4 Å². The zero-order valence-corrected chi connectivity index (χ0v) is 12.9. The maximum atomic E-state index is 9.70. The van der Waals surface area contributed by atoms with Crippen molar-refractivity contribution in [3.63, 3.8) is 0 Å². The number of likely N-dealkylation sites (tertiary alicyclic amines) is 1. The first-order valence-electron chi connectivity index (χ1n) is 7.37. The molecule has 2 aliphatic rings. The molecule has 21 heavy (non-hydrogen) atoms. The lowest BCUT2D eigenvalue weighted by Gasteiger charge is -2.47. The molecule has 6 heteroatoms. The summed E-state index contributed by atoms with van der Waals surface area (Å²) >= 11 is 0. The summed E-state index contributed by atoms with van der Waals surface area (Å²) in [7, 11) is 2.20. The number of aromatic nitrogens is 2. The number of aromatic amines is 1. The first-order chi connectivity index (χ1) is 9.91. The molecule has 1 aromatic rings. The third kappa shape index (κ3) is 1.70. The van der Waals surface area contributed by atoms with Crippen LogP contribution in [0.1, 0.15) is 31.5 Å². The lowest BCUT2D eigenvalue weighted by atomic mass is 9.60. The number of nitrogens with zero attached hydrogens (tertiary/aromatic N) is 2. The maximum Gasteiger partial charge on any atom is 0.244 e. The van der Waals surface area contributed by atoms with Crippen molar-refractivity contribution in [3.8, 4) is 11.9 Å². The SMILES string of the molecule is Cc1[nH]nc2c1[C@]1(C[C@@H](C)[NH+](C)C[C@H]1C)C(C#N)=C(N)O2. The molecule has 1 unspecified atom stereocenters. The molecule has 0 aliphatic carbocycles. The Kier molecular flexibility index (Phi) is 2.99. The normalized spacial score (nSPS) is 35.3. The Morgan fingerprint density at radius 3 is 2.90 bits per heavy atom. The fraction of sp³-hybridized carbons (Fsp3) is 0.600. The number of hydrogen-bond donors (Lipinski definition) is 3.